The van der Waals surface area contributed by atoms with Gasteiger partial charge in [-0.15, -0.1) is 0 Å². The summed E-state index contributed by atoms with van der Waals surface area (Å²) in [6, 6.07) is 15.9. The first-order valence-electron chi connectivity index (χ1n) is 7.11. The molecule has 2 aromatic carbocycles. The van der Waals surface area contributed by atoms with Crippen molar-refractivity contribution in [2.45, 2.75) is 26.3 Å². The van der Waals surface area contributed by atoms with Crippen molar-refractivity contribution in [1.29, 1.82) is 0 Å². The van der Waals surface area contributed by atoms with Crippen LogP contribution < -0.4 is 5.32 Å². The van der Waals surface area contributed by atoms with Crippen LogP contribution in [0.15, 0.2) is 48.5 Å². The number of hydrogen-bond acceptors (Lipinski definition) is 3. The van der Waals surface area contributed by atoms with E-state index in [0.29, 0.717) is 11.5 Å². The van der Waals surface area contributed by atoms with Crippen molar-refractivity contribution in [2.75, 3.05) is 12.4 Å². The summed E-state index contributed by atoms with van der Waals surface area (Å²) in [6.07, 6.45) is 0. The summed E-state index contributed by atoms with van der Waals surface area (Å²) < 4.78 is 4.68. The fraction of sp³-hybridized carbons (Fsp3) is 0.278. The summed E-state index contributed by atoms with van der Waals surface area (Å²) in [7, 11) is 1.38. The molecule has 0 aliphatic heterocycles. The van der Waals surface area contributed by atoms with Gasteiger partial charge < -0.3 is 10.1 Å². The Labute approximate surface area is 126 Å². The van der Waals surface area contributed by atoms with Crippen molar-refractivity contribution in [3.8, 4) is 0 Å². The third kappa shape index (κ3) is 4.09. The molecule has 0 amide bonds. The number of ether oxygens (including phenoxy) is 1. The molecule has 0 radical (unpaired) electrons. The average Bonchev–Trinajstić information content (AvgIpc) is 2.53. The third-order valence-electron chi connectivity index (χ3n) is 3.45. The molecule has 21 heavy (non-hydrogen) atoms. The Balaban J connectivity index is 1.95. The van der Waals surface area contributed by atoms with Crippen LogP contribution in [0.4, 0.5) is 5.69 Å². The lowest BCUT2D eigenvalue weighted by molar-refractivity contribution is 0.0601. The number of rotatable bonds is 5. The maximum atomic E-state index is 11.3. The van der Waals surface area contributed by atoms with Crippen molar-refractivity contribution < 1.29 is 9.53 Å². The molecule has 2 aromatic rings. The van der Waals surface area contributed by atoms with Crippen molar-refractivity contribution in [3.63, 3.8) is 0 Å². The second-order valence-corrected chi connectivity index (χ2v) is 5.32. The van der Waals surface area contributed by atoms with Crippen LogP contribution in [0.2, 0.25) is 0 Å². The lowest BCUT2D eigenvalue weighted by Crippen LogP contribution is -2.02. The van der Waals surface area contributed by atoms with Gasteiger partial charge >= 0.3 is 5.97 Å². The number of benzene rings is 2. The molecule has 110 valence electrons. The van der Waals surface area contributed by atoms with Crippen molar-refractivity contribution >= 4 is 11.7 Å². The highest BCUT2D eigenvalue weighted by atomic mass is 16.5. The van der Waals surface area contributed by atoms with E-state index in [1.165, 1.54) is 18.2 Å². The van der Waals surface area contributed by atoms with Gasteiger partial charge in [0, 0.05) is 12.2 Å². The van der Waals surface area contributed by atoms with Gasteiger partial charge in [0.15, 0.2) is 0 Å². The zero-order valence-corrected chi connectivity index (χ0v) is 12.7. The van der Waals surface area contributed by atoms with Gasteiger partial charge in [-0.1, -0.05) is 38.1 Å². The second-order valence-electron chi connectivity index (χ2n) is 5.32. The largest absolute Gasteiger partial charge is 0.465 e. The molecule has 1 N–H and O–H groups in total. The van der Waals surface area contributed by atoms with Gasteiger partial charge in [0.05, 0.1) is 12.7 Å². The van der Waals surface area contributed by atoms with Gasteiger partial charge in [0.25, 0.3) is 0 Å². The van der Waals surface area contributed by atoms with Gasteiger partial charge in [-0.25, -0.2) is 4.79 Å². The lowest BCUT2D eigenvalue weighted by atomic mass is 10.0. The number of esters is 1. The Morgan fingerprint density at radius 3 is 2.19 bits per heavy atom. The first-order valence-corrected chi connectivity index (χ1v) is 7.11. The topological polar surface area (TPSA) is 38.3 Å². The first kappa shape index (κ1) is 15.1. The Morgan fingerprint density at radius 2 is 1.67 bits per heavy atom. The highest BCUT2D eigenvalue weighted by Gasteiger charge is 2.04. The lowest BCUT2D eigenvalue weighted by Gasteiger charge is -2.09. The maximum Gasteiger partial charge on any atom is 0.337 e. The SMILES string of the molecule is COC(=O)c1ccc(NCc2ccc(C(C)C)cc2)cc1. The zero-order valence-electron chi connectivity index (χ0n) is 12.7. The summed E-state index contributed by atoms with van der Waals surface area (Å²) in [5.41, 5.74) is 4.12. The third-order valence-corrected chi connectivity index (χ3v) is 3.45. The standard InChI is InChI=1S/C18H21NO2/c1-13(2)15-6-4-14(5-7-15)12-19-17-10-8-16(9-11-17)18(20)21-3/h4-11,13,19H,12H2,1-3H3. The Morgan fingerprint density at radius 1 is 1.05 bits per heavy atom. The van der Waals surface area contributed by atoms with Gasteiger partial charge in [-0.05, 0) is 41.3 Å². The fourth-order valence-corrected chi connectivity index (χ4v) is 2.07. The van der Waals surface area contributed by atoms with Crippen LogP contribution >= 0.6 is 0 Å². The number of nitrogens with one attached hydrogen (secondary N) is 1. The summed E-state index contributed by atoms with van der Waals surface area (Å²) in [5.74, 6) is 0.240. The smallest absolute Gasteiger partial charge is 0.337 e. The van der Waals surface area contributed by atoms with E-state index in [-0.39, 0.29) is 5.97 Å². The molecule has 0 saturated carbocycles. The van der Waals surface area contributed by atoms with E-state index in [0.717, 1.165) is 12.2 Å². The van der Waals surface area contributed by atoms with E-state index in [1.807, 2.05) is 12.1 Å². The summed E-state index contributed by atoms with van der Waals surface area (Å²) >= 11 is 0. The number of carbonyl (C=O) groups excluding carboxylic acids is 1. The van der Waals surface area contributed by atoms with Crippen LogP contribution in [0.5, 0.6) is 0 Å². The molecule has 0 aliphatic rings. The van der Waals surface area contributed by atoms with Gasteiger partial charge in [-0.3, -0.25) is 0 Å². The van der Waals surface area contributed by atoms with Crippen molar-refractivity contribution in [2.24, 2.45) is 0 Å². The number of anilines is 1. The van der Waals surface area contributed by atoms with Gasteiger partial charge in [0.2, 0.25) is 0 Å². The molecule has 0 heterocycles. The molecule has 0 atom stereocenters. The number of hydrogen-bond donors (Lipinski definition) is 1. The maximum absolute atomic E-state index is 11.3. The highest BCUT2D eigenvalue weighted by molar-refractivity contribution is 5.89. The zero-order chi connectivity index (χ0) is 15.2. The molecule has 0 aliphatic carbocycles. The minimum absolute atomic E-state index is 0.314. The van der Waals surface area contributed by atoms with Crippen LogP contribution in [0, 0.1) is 0 Å². The molecular formula is C18H21NO2. The van der Waals surface area contributed by atoms with Crippen molar-refractivity contribution in [3.05, 3.63) is 65.2 Å². The number of methoxy groups -OCH3 is 1. The highest BCUT2D eigenvalue weighted by Crippen LogP contribution is 2.16. The van der Waals surface area contributed by atoms with Crippen LogP contribution in [-0.4, -0.2) is 13.1 Å². The predicted molar refractivity (Wildman–Crippen MR) is 85.6 cm³/mol. The second kappa shape index (κ2) is 6.93. The molecule has 0 unspecified atom stereocenters. The molecule has 3 heteroatoms. The first-order chi connectivity index (χ1) is 10.1. The molecule has 2 rings (SSSR count). The number of carbonyl (C=O) groups is 1. The molecule has 0 fully saturated rings. The Hall–Kier alpha value is -2.29. The Kier molecular flexibility index (Phi) is 4.99. The molecule has 0 bridgehead atoms. The van der Waals surface area contributed by atoms with E-state index in [2.05, 4.69) is 48.2 Å². The monoisotopic (exact) mass is 283 g/mol. The van der Waals surface area contributed by atoms with E-state index in [1.54, 1.807) is 12.1 Å². The molecule has 0 spiro atoms. The quantitative estimate of drug-likeness (QED) is 0.835. The van der Waals surface area contributed by atoms with E-state index in [4.69, 9.17) is 0 Å². The van der Waals surface area contributed by atoms with E-state index in [9.17, 15) is 4.79 Å². The molecule has 0 saturated heterocycles. The molecular weight excluding hydrogens is 262 g/mol. The summed E-state index contributed by atoms with van der Waals surface area (Å²) in [4.78, 5) is 11.3. The van der Waals surface area contributed by atoms with Crippen molar-refractivity contribution in [1.82, 2.24) is 0 Å². The van der Waals surface area contributed by atoms with Crippen LogP contribution in [0.3, 0.4) is 0 Å². The van der Waals surface area contributed by atoms with E-state index >= 15 is 0 Å². The molecule has 0 aromatic heterocycles. The predicted octanol–water partition coefficient (Wildman–Crippen LogP) is 4.21. The fourth-order valence-electron chi connectivity index (χ4n) is 2.07. The Bertz CT molecular complexity index is 586. The van der Waals surface area contributed by atoms with Gasteiger partial charge in [0.1, 0.15) is 0 Å². The van der Waals surface area contributed by atoms with Crippen LogP contribution in [0.25, 0.3) is 0 Å². The molecule has 3 nitrogen and oxygen atoms in total. The minimum Gasteiger partial charge on any atom is -0.465 e. The average molecular weight is 283 g/mol. The summed E-state index contributed by atoms with van der Waals surface area (Å²) in [6.45, 7) is 5.14. The van der Waals surface area contributed by atoms with E-state index < -0.39 is 0 Å². The minimum atomic E-state index is -0.314. The normalized spacial score (nSPS) is 10.5. The van der Waals surface area contributed by atoms with Crippen LogP contribution in [-0.2, 0) is 11.3 Å². The van der Waals surface area contributed by atoms with Crippen LogP contribution in [0.1, 0.15) is 41.3 Å². The van der Waals surface area contributed by atoms with Gasteiger partial charge in [-0.2, -0.15) is 0 Å². The summed E-state index contributed by atoms with van der Waals surface area (Å²) in [5, 5.41) is 3.34.